The van der Waals surface area contributed by atoms with Gasteiger partial charge in [-0.2, -0.15) is 0 Å². The molecule has 0 aliphatic rings. The zero-order valence-electron chi connectivity index (χ0n) is 4.92. The number of carbonyl (C=O) groups excluding carboxylic acids is 1. The zero-order chi connectivity index (χ0) is 9.12. The number of rotatable bonds is 2. The van der Waals surface area contributed by atoms with E-state index in [4.69, 9.17) is 34.8 Å². The highest BCUT2D eigenvalue weighted by atomic mass is 35.6. The van der Waals surface area contributed by atoms with Gasteiger partial charge in [-0.1, -0.05) is 39.2 Å². The van der Waals surface area contributed by atoms with E-state index in [9.17, 15) is 13.2 Å². The van der Waals surface area contributed by atoms with E-state index in [2.05, 4.69) is 4.40 Å². The van der Waals surface area contributed by atoms with Crippen molar-refractivity contribution in [2.24, 2.45) is 4.40 Å². The van der Waals surface area contributed by atoms with E-state index < -0.39 is 19.6 Å². The number of alkyl halides is 3. The van der Waals surface area contributed by atoms with E-state index >= 15 is 0 Å². The van der Waals surface area contributed by atoms with Gasteiger partial charge in [-0.05, 0) is 0 Å². The molecule has 0 unspecified atom stereocenters. The summed E-state index contributed by atoms with van der Waals surface area (Å²) in [6.07, 6.45) is 0.842. The summed E-state index contributed by atoms with van der Waals surface area (Å²) in [7, 11) is -3.98. The van der Waals surface area contributed by atoms with E-state index in [-0.39, 0.29) is 0 Å². The molecular formula is C3H2Cl3NO3S. The quantitative estimate of drug-likeness (QED) is 0.410. The maximum absolute atomic E-state index is 10.6. The lowest BCUT2D eigenvalue weighted by atomic mass is 10.9. The van der Waals surface area contributed by atoms with E-state index in [0.29, 0.717) is 0 Å². The first-order chi connectivity index (χ1) is 4.77. The van der Waals surface area contributed by atoms with Crippen LogP contribution in [0.1, 0.15) is 0 Å². The van der Waals surface area contributed by atoms with Crippen LogP contribution in [0.15, 0.2) is 4.40 Å². The smallest absolute Gasteiger partial charge is 0.210 e. The normalized spacial score (nSPS) is 12.3. The van der Waals surface area contributed by atoms with Crippen LogP contribution in [0.3, 0.4) is 0 Å². The van der Waals surface area contributed by atoms with Crippen molar-refractivity contribution < 1.29 is 13.2 Å². The maximum Gasteiger partial charge on any atom is 0.267 e. The molecule has 0 atom stereocenters. The lowest BCUT2D eigenvalue weighted by molar-refractivity contribution is 0.563. The number of isocyanates is 1. The third kappa shape index (κ3) is 6.59. The molecule has 8 heteroatoms. The third-order valence-electron chi connectivity index (χ3n) is 0.522. The minimum Gasteiger partial charge on any atom is -0.210 e. The average Bonchev–Trinajstić information content (AvgIpc) is 1.55. The van der Waals surface area contributed by atoms with Gasteiger partial charge in [0, 0.05) is 0 Å². The van der Waals surface area contributed by atoms with Crippen molar-refractivity contribution in [3.63, 3.8) is 0 Å². The molecule has 0 saturated heterocycles. The summed E-state index contributed by atoms with van der Waals surface area (Å²) in [5, 5.41) is 0. The summed E-state index contributed by atoms with van der Waals surface area (Å²) in [6, 6.07) is 0. The maximum atomic E-state index is 10.6. The fraction of sp³-hybridized carbons (Fsp3) is 0.667. The fourth-order valence-electron chi connectivity index (χ4n) is 0.296. The molecule has 0 N–H and O–H groups in total. The lowest BCUT2D eigenvalue weighted by Crippen LogP contribution is -2.17. The molecule has 0 amide bonds. The van der Waals surface area contributed by atoms with E-state index in [1.807, 2.05) is 0 Å². The summed E-state index contributed by atoms with van der Waals surface area (Å²) in [5.41, 5.74) is 0. The molecule has 0 spiro atoms. The topological polar surface area (TPSA) is 63.6 Å². The van der Waals surface area contributed by atoms with Crippen molar-refractivity contribution in [2.75, 3.05) is 5.75 Å². The highest BCUT2D eigenvalue weighted by Gasteiger charge is 2.28. The first-order valence-corrected chi connectivity index (χ1v) is 4.90. The Hall–Kier alpha value is 0.200. The van der Waals surface area contributed by atoms with Crippen LogP contribution in [-0.4, -0.2) is 24.0 Å². The molecule has 0 bridgehead atoms. The van der Waals surface area contributed by atoms with Crippen molar-refractivity contribution >= 4 is 50.9 Å². The molecule has 0 fully saturated rings. The van der Waals surface area contributed by atoms with Crippen LogP contribution in [0.5, 0.6) is 0 Å². The Kier molecular flexibility index (Phi) is 3.80. The molecule has 4 nitrogen and oxygen atoms in total. The van der Waals surface area contributed by atoms with Crippen LogP contribution in [0.25, 0.3) is 0 Å². The summed E-state index contributed by atoms with van der Waals surface area (Å²) in [5.74, 6) is -0.833. The van der Waals surface area contributed by atoms with Gasteiger partial charge in [0.15, 0.2) is 0 Å². The monoisotopic (exact) mass is 237 g/mol. The zero-order valence-corrected chi connectivity index (χ0v) is 8.01. The van der Waals surface area contributed by atoms with Crippen LogP contribution >= 0.6 is 34.8 Å². The minimum absolute atomic E-state index is 0.833. The number of hydrogen-bond acceptors (Lipinski definition) is 3. The van der Waals surface area contributed by atoms with Crippen LogP contribution < -0.4 is 0 Å². The summed E-state index contributed by atoms with van der Waals surface area (Å²) in [6.45, 7) is 0. The predicted molar refractivity (Wildman–Crippen MR) is 42.2 cm³/mol. The van der Waals surface area contributed by atoms with Gasteiger partial charge in [0.05, 0.1) is 0 Å². The minimum atomic E-state index is -3.98. The van der Waals surface area contributed by atoms with Crippen molar-refractivity contribution in [1.82, 2.24) is 0 Å². The SMILES string of the molecule is O=C=NS(=O)(=O)CC(Cl)(Cl)Cl. The third-order valence-corrected chi connectivity index (χ3v) is 2.55. The first-order valence-electron chi connectivity index (χ1n) is 2.15. The second kappa shape index (κ2) is 3.74. The molecule has 0 aromatic rings. The molecule has 0 aromatic heterocycles. The molecule has 0 aliphatic heterocycles. The van der Waals surface area contributed by atoms with Gasteiger partial charge in [0.2, 0.25) is 3.79 Å². The summed E-state index contributed by atoms with van der Waals surface area (Å²) in [4.78, 5) is 9.51. The van der Waals surface area contributed by atoms with Crippen LogP contribution in [0, 0.1) is 0 Å². The molecule has 0 aliphatic carbocycles. The number of hydrogen-bond donors (Lipinski definition) is 0. The van der Waals surface area contributed by atoms with Crippen LogP contribution in [-0.2, 0) is 14.8 Å². The van der Waals surface area contributed by atoms with Crippen molar-refractivity contribution in [3.05, 3.63) is 0 Å². The fourth-order valence-corrected chi connectivity index (χ4v) is 2.13. The Labute approximate surface area is 78.2 Å². The van der Waals surface area contributed by atoms with Gasteiger partial charge in [0.25, 0.3) is 16.1 Å². The van der Waals surface area contributed by atoms with E-state index in [0.717, 1.165) is 6.08 Å². The van der Waals surface area contributed by atoms with Gasteiger partial charge < -0.3 is 0 Å². The predicted octanol–water partition coefficient (Wildman–Crippen LogP) is 1.02. The Morgan fingerprint density at radius 1 is 1.36 bits per heavy atom. The molecule has 11 heavy (non-hydrogen) atoms. The van der Waals surface area contributed by atoms with Gasteiger partial charge in [-0.15, -0.1) is 0 Å². The van der Waals surface area contributed by atoms with Crippen LogP contribution in [0.4, 0.5) is 0 Å². The largest absolute Gasteiger partial charge is 0.267 e. The van der Waals surface area contributed by atoms with E-state index in [1.165, 1.54) is 0 Å². The van der Waals surface area contributed by atoms with Gasteiger partial charge in [0.1, 0.15) is 5.75 Å². The second-order valence-corrected chi connectivity index (χ2v) is 5.68. The standard InChI is InChI=1S/C3H2Cl3NO3S/c4-3(5,6)1-11(9,10)7-2-8/h1H2. The molecule has 0 aromatic carbocycles. The van der Waals surface area contributed by atoms with Gasteiger partial charge in [-0.25, -0.2) is 13.2 Å². The molecule has 64 valence electrons. The second-order valence-electron chi connectivity index (χ2n) is 1.52. The Morgan fingerprint density at radius 3 is 2.09 bits per heavy atom. The van der Waals surface area contributed by atoms with Gasteiger partial charge >= 0.3 is 0 Å². The van der Waals surface area contributed by atoms with Gasteiger partial charge in [-0.3, -0.25) is 0 Å². The van der Waals surface area contributed by atoms with Crippen molar-refractivity contribution in [1.29, 1.82) is 0 Å². The Bertz CT molecular complexity index is 273. The molecule has 0 heterocycles. The van der Waals surface area contributed by atoms with E-state index in [1.54, 1.807) is 0 Å². The number of nitrogens with zero attached hydrogens (tertiary/aromatic N) is 1. The van der Waals surface area contributed by atoms with Crippen molar-refractivity contribution in [3.8, 4) is 0 Å². The Morgan fingerprint density at radius 2 is 1.82 bits per heavy atom. The number of sulfonamides is 1. The molecule has 0 saturated carbocycles. The van der Waals surface area contributed by atoms with Crippen molar-refractivity contribution in [2.45, 2.75) is 3.79 Å². The molecular weight excluding hydrogens is 236 g/mol. The highest BCUT2D eigenvalue weighted by molar-refractivity contribution is 7.90. The average molecular weight is 238 g/mol. The lowest BCUT2D eigenvalue weighted by Gasteiger charge is -2.05. The highest BCUT2D eigenvalue weighted by Crippen LogP contribution is 2.27. The summed E-state index contributed by atoms with van der Waals surface area (Å²) >= 11 is 15.3. The summed E-state index contributed by atoms with van der Waals surface area (Å²) < 4.78 is 21.6. The van der Waals surface area contributed by atoms with Crippen LogP contribution in [0.2, 0.25) is 0 Å². The molecule has 0 radical (unpaired) electrons. The number of halogens is 3. The Balaban J connectivity index is 4.52. The first kappa shape index (κ1) is 11.2. The molecule has 0 rings (SSSR count).